The Balaban J connectivity index is 1.68. The van der Waals surface area contributed by atoms with E-state index in [1.165, 1.54) is 28.0 Å². The average molecular weight is 383 g/mol. The molecule has 0 unspecified atom stereocenters. The summed E-state index contributed by atoms with van der Waals surface area (Å²) in [5, 5.41) is -0.174. The molecule has 0 radical (unpaired) electrons. The van der Waals surface area contributed by atoms with Crippen LogP contribution in [0.1, 0.15) is 20.7 Å². The van der Waals surface area contributed by atoms with Gasteiger partial charge in [0.05, 0.1) is 10.6 Å². The molecule has 0 spiro atoms. The predicted octanol–water partition coefficient (Wildman–Crippen LogP) is 3.36. The molecule has 4 nitrogen and oxygen atoms in total. The molecule has 2 amide bonds. The first-order valence-corrected chi connectivity index (χ1v) is 8.23. The van der Waals surface area contributed by atoms with Crippen LogP contribution < -0.4 is 0 Å². The minimum absolute atomic E-state index is 0.129. The van der Waals surface area contributed by atoms with Crippen molar-refractivity contribution in [2.24, 2.45) is 0 Å². The molecule has 136 valence electrons. The van der Waals surface area contributed by atoms with Crippen LogP contribution in [-0.4, -0.2) is 47.8 Å². The lowest BCUT2D eigenvalue weighted by Crippen LogP contribution is -2.50. The molecule has 0 saturated carbocycles. The molecular weight excluding hydrogens is 369 g/mol. The first-order chi connectivity index (χ1) is 12.4. The van der Waals surface area contributed by atoms with Gasteiger partial charge in [-0.3, -0.25) is 9.59 Å². The zero-order valence-corrected chi connectivity index (χ0v) is 14.3. The molecule has 1 aliphatic heterocycles. The Labute approximate surface area is 152 Å². The van der Waals surface area contributed by atoms with Crippen LogP contribution in [0.4, 0.5) is 13.2 Å². The minimum Gasteiger partial charge on any atom is -0.335 e. The minimum atomic E-state index is -1.15. The molecule has 0 aliphatic carbocycles. The summed E-state index contributed by atoms with van der Waals surface area (Å²) in [5.41, 5.74) is 0.101. The fourth-order valence-corrected chi connectivity index (χ4v) is 3.00. The second-order valence-electron chi connectivity index (χ2n) is 5.84. The Hall–Kier alpha value is -2.54. The standard InChI is InChI=1S/C18H14ClF3N2O2/c19-14-10-16(22)15(21)9-13(14)18(26)24-6-4-23(5-7-24)17(25)11-2-1-3-12(20)8-11/h1-3,8-10H,4-7H2. The molecule has 2 aromatic carbocycles. The molecule has 2 aromatic rings. The van der Waals surface area contributed by atoms with Crippen LogP contribution >= 0.6 is 11.6 Å². The summed E-state index contributed by atoms with van der Waals surface area (Å²) in [6, 6.07) is 6.90. The fraction of sp³-hybridized carbons (Fsp3) is 0.222. The summed E-state index contributed by atoms with van der Waals surface area (Å²) in [5.74, 6) is -3.65. The zero-order valence-electron chi connectivity index (χ0n) is 13.5. The topological polar surface area (TPSA) is 40.6 Å². The number of halogens is 4. The monoisotopic (exact) mass is 382 g/mol. The molecule has 8 heteroatoms. The SMILES string of the molecule is O=C(c1cccc(F)c1)N1CCN(C(=O)c2cc(F)c(F)cc2Cl)CC1. The van der Waals surface area contributed by atoms with Gasteiger partial charge < -0.3 is 9.80 Å². The molecule has 1 aliphatic rings. The van der Waals surface area contributed by atoms with E-state index in [-0.39, 0.29) is 48.2 Å². The molecule has 0 N–H and O–H groups in total. The van der Waals surface area contributed by atoms with Gasteiger partial charge in [-0.1, -0.05) is 17.7 Å². The number of hydrogen-bond acceptors (Lipinski definition) is 2. The summed E-state index contributed by atoms with van der Waals surface area (Å²) in [6.07, 6.45) is 0. The maximum atomic E-state index is 13.4. The smallest absolute Gasteiger partial charge is 0.255 e. The van der Waals surface area contributed by atoms with E-state index in [1.807, 2.05) is 0 Å². The van der Waals surface area contributed by atoms with Gasteiger partial charge in [-0.25, -0.2) is 13.2 Å². The van der Waals surface area contributed by atoms with Gasteiger partial charge in [0, 0.05) is 31.7 Å². The summed E-state index contributed by atoms with van der Waals surface area (Å²) < 4.78 is 39.8. The van der Waals surface area contributed by atoms with Crippen LogP contribution in [-0.2, 0) is 0 Å². The maximum Gasteiger partial charge on any atom is 0.255 e. The van der Waals surface area contributed by atoms with E-state index in [4.69, 9.17) is 11.6 Å². The van der Waals surface area contributed by atoms with Crippen LogP contribution in [0, 0.1) is 17.5 Å². The maximum absolute atomic E-state index is 13.4. The number of nitrogens with zero attached hydrogens (tertiary/aromatic N) is 2. The molecule has 0 aromatic heterocycles. The van der Waals surface area contributed by atoms with E-state index in [9.17, 15) is 22.8 Å². The molecule has 1 fully saturated rings. The van der Waals surface area contributed by atoms with Crippen molar-refractivity contribution in [3.05, 3.63) is 70.0 Å². The van der Waals surface area contributed by atoms with Crippen LogP contribution in [0.3, 0.4) is 0 Å². The lowest BCUT2D eigenvalue weighted by Gasteiger charge is -2.35. The zero-order chi connectivity index (χ0) is 18.8. The van der Waals surface area contributed by atoms with Gasteiger partial charge in [0.25, 0.3) is 11.8 Å². The highest BCUT2D eigenvalue weighted by atomic mass is 35.5. The summed E-state index contributed by atoms with van der Waals surface area (Å²) in [7, 11) is 0. The van der Waals surface area contributed by atoms with E-state index < -0.39 is 23.4 Å². The lowest BCUT2D eigenvalue weighted by molar-refractivity contribution is 0.0535. The number of benzene rings is 2. The van der Waals surface area contributed by atoms with Gasteiger partial charge in [-0.05, 0) is 30.3 Å². The van der Waals surface area contributed by atoms with Crippen molar-refractivity contribution in [1.82, 2.24) is 9.80 Å². The van der Waals surface area contributed by atoms with Crippen molar-refractivity contribution < 1.29 is 22.8 Å². The fourth-order valence-electron chi connectivity index (χ4n) is 2.77. The van der Waals surface area contributed by atoms with Crippen LogP contribution in [0.15, 0.2) is 36.4 Å². The van der Waals surface area contributed by atoms with E-state index in [2.05, 4.69) is 0 Å². The molecule has 3 rings (SSSR count). The van der Waals surface area contributed by atoms with E-state index in [0.29, 0.717) is 0 Å². The first-order valence-electron chi connectivity index (χ1n) is 7.85. The lowest BCUT2D eigenvalue weighted by atomic mass is 10.1. The highest BCUT2D eigenvalue weighted by molar-refractivity contribution is 6.33. The number of carbonyl (C=O) groups is 2. The van der Waals surface area contributed by atoms with Gasteiger partial charge in [0.1, 0.15) is 5.82 Å². The number of rotatable bonds is 2. The van der Waals surface area contributed by atoms with Gasteiger partial charge in [0.2, 0.25) is 0 Å². The first kappa shape index (κ1) is 18.3. The van der Waals surface area contributed by atoms with Crippen LogP contribution in [0.5, 0.6) is 0 Å². The Morgan fingerprint density at radius 1 is 0.846 bits per heavy atom. The average Bonchev–Trinajstić information content (AvgIpc) is 2.63. The second-order valence-corrected chi connectivity index (χ2v) is 6.25. The van der Waals surface area contributed by atoms with Gasteiger partial charge in [0.15, 0.2) is 11.6 Å². The van der Waals surface area contributed by atoms with Gasteiger partial charge in [-0.15, -0.1) is 0 Å². The van der Waals surface area contributed by atoms with Crippen molar-refractivity contribution in [3.8, 4) is 0 Å². The second kappa shape index (κ2) is 7.37. The summed E-state index contributed by atoms with van der Waals surface area (Å²) >= 11 is 5.84. The van der Waals surface area contributed by atoms with Crippen molar-refractivity contribution in [2.75, 3.05) is 26.2 Å². The van der Waals surface area contributed by atoms with Crippen molar-refractivity contribution >= 4 is 23.4 Å². The molecule has 1 heterocycles. The van der Waals surface area contributed by atoms with E-state index in [0.717, 1.165) is 18.2 Å². The number of hydrogen-bond donors (Lipinski definition) is 0. The highest BCUT2D eigenvalue weighted by Gasteiger charge is 2.27. The third-order valence-electron chi connectivity index (χ3n) is 4.17. The Kier molecular flexibility index (Phi) is 5.18. The number of piperazine rings is 1. The van der Waals surface area contributed by atoms with Crippen LogP contribution in [0.2, 0.25) is 5.02 Å². The Morgan fingerprint density at radius 3 is 2.04 bits per heavy atom. The third kappa shape index (κ3) is 3.67. The molecule has 0 atom stereocenters. The summed E-state index contributed by atoms with van der Waals surface area (Å²) in [6.45, 7) is 0.884. The Bertz CT molecular complexity index is 868. The predicted molar refractivity (Wildman–Crippen MR) is 89.6 cm³/mol. The molecule has 26 heavy (non-hydrogen) atoms. The normalized spacial score (nSPS) is 14.5. The number of carbonyl (C=O) groups excluding carboxylic acids is 2. The Morgan fingerprint density at radius 2 is 1.42 bits per heavy atom. The highest BCUT2D eigenvalue weighted by Crippen LogP contribution is 2.22. The van der Waals surface area contributed by atoms with Gasteiger partial charge >= 0.3 is 0 Å². The van der Waals surface area contributed by atoms with E-state index >= 15 is 0 Å². The van der Waals surface area contributed by atoms with Crippen molar-refractivity contribution in [2.45, 2.75) is 0 Å². The molecule has 1 saturated heterocycles. The largest absolute Gasteiger partial charge is 0.335 e. The van der Waals surface area contributed by atoms with Crippen LogP contribution in [0.25, 0.3) is 0 Å². The number of amides is 2. The summed E-state index contributed by atoms with van der Waals surface area (Å²) in [4.78, 5) is 27.8. The molecular formula is C18H14ClF3N2O2. The third-order valence-corrected chi connectivity index (χ3v) is 4.48. The molecule has 0 bridgehead atoms. The van der Waals surface area contributed by atoms with Crippen molar-refractivity contribution in [3.63, 3.8) is 0 Å². The van der Waals surface area contributed by atoms with E-state index in [1.54, 1.807) is 0 Å². The van der Waals surface area contributed by atoms with Gasteiger partial charge in [-0.2, -0.15) is 0 Å². The van der Waals surface area contributed by atoms with Crippen molar-refractivity contribution in [1.29, 1.82) is 0 Å². The quantitative estimate of drug-likeness (QED) is 0.747.